The molecule has 0 aromatic carbocycles. The molecule has 1 N–H and O–H groups in total. The summed E-state index contributed by atoms with van der Waals surface area (Å²) < 4.78 is 0. The van der Waals surface area contributed by atoms with Gasteiger partial charge in [0.05, 0.1) is 6.10 Å². The van der Waals surface area contributed by atoms with Gasteiger partial charge in [0.15, 0.2) is 0 Å². The second-order valence-electron chi connectivity index (χ2n) is 3.49. The number of aromatic nitrogens is 2. The van der Waals surface area contributed by atoms with Crippen LogP contribution in [0, 0.1) is 6.92 Å². The van der Waals surface area contributed by atoms with E-state index < -0.39 is 0 Å². The summed E-state index contributed by atoms with van der Waals surface area (Å²) in [5.74, 6) is 0. The van der Waals surface area contributed by atoms with Crippen molar-refractivity contribution in [3.05, 3.63) is 5.01 Å². The first-order chi connectivity index (χ1) is 6.16. The number of hydrogen-bond donors (Lipinski definition) is 1. The third-order valence-corrected chi connectivity index (χ3v) is 3.38. The summed E-state index contributed by atoms with van der Waals surface area (Å²) in [4.78, 5) is 2.11. The average molecular weight is 199 g/mol. The SMILES string of the molecule is Cc1nnc(N(C)C2CC(O)C2)s1. The zero-order chi connectivity index (χ0) is 9.42. The van der Waals surface area contributed by atoms with Gasteiger partial charge in [-0.05, 0) is 19.8 Å². The van der Waals surface area contributed by atoms with Crippen LogP contribution in [-0.2, 0) is 0 Å². The van der Waals surface area contributed by atoms with Crippen molar-refractivity contribution in [3.63, 3.8) is 0 Å². The van der Waals surface area contributed by atoms with E-state index in [0.717, 1.165) is 23.0 Å². The van der Waals surface area contributed by atoms with Crippen LogP contribution < -0.4 is 4.90 Å². The van der Waals surface area contributed by atoms with Crippen LogP contribution in [-0.4, -0.2) is 34.5 Å². The largest absolute Gasteiger partial charge is 0.393 e. The molecule has 1 aromatic rings. The number of rotatable bonds is 2. The lowest BCUT2D eigenvalue weighted by Crippen LogP contribution is -2.45. The normalized spacial score (nSPS) is 27.0. The smallest absolute Gasteiger partial charge is 0.208 e. The second kappa shape index (κ2) is 3.23. The fraction of sp³-hybridized carbons (Fsp3) is 0.750. The molecule has 5 heteroatoms. The highest BCUT2D eigenvalue weighted by Gasteiger charge is 2.31. The predicted molar refractivity (Wildman–Crippen MR) is 52.1 cm³/mol. The Morgan fingerprint density at radius 3 is 2.62 bits per heavy atom. The van der Waals surface area contributed by atoms with E-state index in [2.05, 4.69) is 15.1 Å². The standard InChI is InChI=1S/C8H13N3OS/c1-5-9-10-8(13-5)11(2)6-3-7(12)4-6/h6-7,12H,3-4H2,1-2H3. The molecule has 1 aliphatic carbocycles. The molecule has 1 heterocycles. The Kier molecular flexibility index (Phi) is 2.21. The van der Waals surface area contributed by atoms with Crippen LogP contribution in [0.3, 0.4) is 0 Å². The molecule has 1 fully saturated rings. The fourth-order valence-corrected chi connectivity index (χ4v) is 2.18. The van der Waals surface area contributed by atoms with E-state index in [0.29, 0.717) is 6.04 Å². The van der Waals surface area contributed by atoms with Gasteiger partial charge in [-0.3, -0.25) is 0 Å². The van der Waals surface area contributed by atoms with Crippen molar-refractivity contribution in [1.82, 2.24) is 10.2 Å². The molecule has 0 aliphatic heterocycles. The van der Waals surface area contributed by atoms with Gasteiger partial charge in [0.25, 0.3) is 0 Å². The highest BCUT2D eigenvalue weighted by Crippen LogP contribution is 2.29. The molecular formula is C8H13N3OS. The van der Waals surface area contributed by atoms with E-state index in [1.807, 2.05) is 14.0 Å². The number of aryl methyl sites for hydroxylation is 1. The lowest BCUT2D eigenvalue weighted by atomic mass is 9.89. The molecule has 1 aliphatic rings. The molecule has 1 saturated carbocycles. The molecule has 13 heavy (non-hydrogen) atoms. The monoisotopic (exact) mass is 199 g/mol. The maximum atomic E-state index is 9.16. The van der Waals surface area contributed by atoms with Crippen LogP contribution in [0.5, 0.6) is 0 Å². The van der Waals surface area contributed by atoms with Crippen molar-refractivity contribution < 1.29 is 5.11 Å². The number of hydrogen-bond acceptors (Lipinski definition) is 5. The van der Waals surface area contributed by atoms with E-state index in [-0.39, 0.29) is 6.10 Å². The summed E-state index contributed by atoms with van der Waals surface area (Å²) in [7, 11) is 2.01. The molecule has 0 radical (unpaired) electrons. The molecule has 0 atom stereocenters. The van der Waals surface area contributed by atoms with Gasteiger partial charge < -0.3 is 10.0 Å². The summed E-state index contributed by atoms with van der Waals surface area (Å²) >= 11 is 1.60. The van der Waals surface area contributed by atoms with Crippen LogP contribution in [0.25, 0.3) is 0 Å². The highest BCUT2D eigenvalue weighted by molar-refractivity contribution is 7.15. The molecule has 4 nitrogen and oxygen atoms in total. The molecule has 0 bridgehead atoms. The Hall–Kier alpha value is -0.680. The van der Waals surface area contributed by atoms with Crippen molar-refractivity contribution >= 4 is 16.5 Å². The molecule has 0 saturated heterocycles. The zero-order valence-electron chi connectivity index (χ0n) is 7.77. The quantitative estimate of drug-likeness (QED) is 0.765. The Bertz CT molecular complexity index is 295. The van der Waals surface area contributed by atoms with Crippen LogP contribution in [0.4, 0.5) is 5.13 Å². The topological polar surface area (TPSA) is 49.2 Å². The zero-order valence-corrected chi connectivity index (χ0v) is 8.58. The van der Waals surface area contributed by atoms with E-state index in [1.54, 1.807) is 11.3 Å². The van der Waals surface area contributed by atoms with Crippen molar-refractivity contribution in [2.24, 2.45) is 0 Å². The molecule has 2 rings (SSSR count). The van der Waals surface area contributed by atoms with Crippen LogP contribution in [0.1, 0.15) is 17.8 Å². The van der Waals surface area contributed by atoms with E-state index >= 15 is 0 Å². The predicted octanol–water partition coefficient (Wildman–Crippen LogP) is 0.806. The van der Waals surface area contributed by atoms with Crippen molar-refractivity contribution in [3.8, 4) is 0 Å². The third kappa shape index (κ3) is 1.66. The van der Waals surface area contributed by atoms with Gasteiger partial charge in [-0.2, -0.15) is 0 Å². The summed E-state index contributed by atoms with van der Waals surface area (Å²) in [5.41, 5.74) is 0. The minimum Gasteiger partial charge on any atom is -0.393 e. The van der Waals surface area contributed by atoms with Gasteiger partial charge in [0.2, 0.25) is 5.13 Å². The van der Waals surface area contributed by atoms with Gasteiger partial charge in [-0.1, -0.05) is 11.3 Å². The second-order valence-corrected chi connectivity index (χ2v) is 4.65. The average Bonchev–Trinajstić information content (AvgIpc) is 2.45. The van der Waals surface area contributed by atoms with Crippen molar-refractivity contribution in [1.29, 1.82) is 0 Å². The highest BCUT2D eigenvalue weighted by atomic mass is 32.1. The summed E-state index contributed by atoms with van der Waals surface area (Å²) in [6.07, 6.45) is 1.60. The minimum atomic E-state index is -0.110. The number of nitrogens with zero attached hydrogens (tertiary/aromatic N) is 3. The minimum absolute atomic E-state index is 0.110. The van der Waals surface area contributed by atoms with Gasteiger partial charge in [-0.15, -0.1) is 10.2 Å². The van der Waals surface area contributed by atoms with Crippen molar-refractivity contribution in [2.45, 2.75) is 31.9 Å². The first-order valence-electron chi connectivity index (χ1n) is 4.38. The van der Waals surface area contributed by atoms with Crippen molar-refractivity contribution in [2.75, 3.05) is 11.9 Å². The van der Waals surface area contributed by atoms with E-state index in [1.165, 1.54) is 0 Å². The van der Waals surface area contributed by atoms with Gasteiger partial charge >= 0.3 is 0 Å². The Labute approximate surface area is 81.2 Å². The summed E-state index contributed by atoms with van der Waals surface area (Å²) in [5, 5.41) is 19.1. The Morgan fingerprint density at radius 2 is 2.15 bits per heavy atom. The third-order valence-electron chi connectivity index (χ3n) is 2.45. The van der Waals surface area contributed by atoms with Crippen LogP contribution in [0.2, 0.25) is 0 Å². The maximum Gasteiger partial charge on any atom is 0.208 e. The van der Waals surface area contributed by atoms with Gasteiger partial charge in [0.1, 0.15) is 5.01 Å². The number of aliphatic hydroxyl groups excluding tert-OH is 1. The Morgan fingerprint density at radius 1 is 1.46 bits per heavy atom. The molecule has 0 spiro atoms. The molecular weight excluding hydrogens is 186 g/mol. The molecule has 0 amide bonds. The lowest BCUT2D eigenvalue weighted by Gasteiger charge is -2.38. The lowest BCUT2D eigenvalue weighted by molar-refractivity contribution is 0.0750. The number of aliphatic hydroxyl groups is 1. The maximum absolute atomic E-state index is 9.16. The van der Waals surface area contributed by atoms with E-state index in [4.69, 9.17) is 5.11 Å². The molecule has 1 aromatic heterocycles. The molecule has 0 unspecified atom stereocenters. The number of anilines is 1. The Balaban J connectivity index is 2.01. The van der Waals surface area contributed by atoms with E-state index in [9.17, 15) is 0 Å². The first-order valence-corrected chi connectivity index (χ1v) is 5.19. The summed E-state index contributed by atoms with van der Waals surface area (Å²) in [6, 6.07) is 0.447. The first kappa shape index (κ1) is 8.90. The molecule has 72 valence electrons. The fourth-order valence-electron chi connectivity index (χ4n) is 1.46. The van der Waals surface area contributed by atoms with Gasteiger partial charge in [-0.25, -0.2) is 0 Å². The van der Waals surface area contributed by atoms with Crippen LogP contribution >= 0.6 is 11.3 Å². The van der Waals surface area contributed by atoms with Gasteiger partial charge in [0, 0.05) is 13.1 Å². The van der Waals surface area contributed by atoms with Crippen LogP contribution in [0.15, 0.2) is 0 Å². The summed E-state index contributed by atoms with van der Waals surface area (Å²) in [6.45, 7) is 1.95.